The molecule has 0 bridgehead atoms. The Labute approximate surface area is 235 Å². The molecule has 0 N–H and O–H groups in total. The summed E-state index contributed by atoms with van der Waals surface area (Å²) in [5, 5.41) is 4.64. The molecule has 4 nitrogen and oxygen atoms in total. The fourth-order valence-electron chi connectivity index (χ4n) is 7.07. The van der Waals surface area contributed by atoms with Gasteiger partial charge < -0.3 is 18.5 Å². The Kier molecular flexibility index (Phi) is 3.98. The molecular formula is C36H20BNO3. The fraction of sp³-hybridized carbons (Fsp3) is 0. The van der Waals surface area contributed by atoms with Gasteiger partial charge in [-0.25, -0.2) is 0 Å². The zero-order chi connectivity index (χ0) is 26.7. The number of nitrogens with zero attached hydrogens (tertiary/aromatic N) is 1. The van der Waals surface area contributed by atoms with Gasteiger partial charge in [-0.2, -0.15) is 0 Å². The maximum absolute atomic E-state index is 6.79. The second kappa shape index (κ2) is 7.61. The lowest BCUT2D eigenvalue weighted by Gasteiger charge is -2.33. The van der Waals surface area contributed by atoms with Crippen LogP contribution >= 0.6 is 0 Å². The number of furan rings is 1. The van der Waals surface area contributed by atoms with Gasteiger partial charge in [0.2, 0.25) is 0 Å². The summed E-state index contributed by atoms with van der Waals surface area (Å²) in [6.45, 7) is -0.0504. The Morgan fingerprint density at radius 3 is 1.90 bits per heavy atom. The number of ether oxygens (including phenoxy) is 2. The van der Waals surface area contributed by atoms with Crippen molar-refractivity contribution in [3.05, 3.63) is 121 Å². The predicted octanol–water partition coefficient (Wildman–Crippen LogP) is 7.41. The molecule has 0 unspecified atom stereocenters. The molecule has 190 valence electrons. The lowest BCUT2D eigenvalue weighted by Crippen LogP contribution is -2.57. The summed E-state index contributed by atoms with van der Waals surface area (Å²) in [4.78, 5) is 0. The highest BCUT2D eigenvalue weighted by molar-refractivity contribution is 6.99. The lowest BCUT2D eigenvalue weighted by molar-refractivity contribution is 0.464. The standard InChI is InChI=1S/C36H20BNO3/c1-5-13-26-22(9-1)23-10-2-6-14-27(23)38(26)21-19-32-35-33(20-21)41-31-18-17-30-34(24-11-3-7-15-28(24)39-30)36(31)37(35)25-12-4-8-16-29(25)40-32/h1-20H. The molecule has 0 radical (unpaired) electrons. The van der Waals surface area contributed by atoms with Crippen LogP contribution in [0.5, 0.6) is 23.0 Å². The maximum atomic E-state index is 6.79. The minimum atomic E-state index is -0.0504. The number of hydrogen-bond acceptors (Lipinski definition) is 3. The smallest absolute Gasteiger partial charge is 0.261 e. The van der Waals surface area contributed by atoms with E-state index in [2.05, 4.69) is 95.6 Å². The van der Waals surface area contributed by atoms with E-state index in [4.69, 9.17) is 13.9 Å². The van der Waals surface area contributed by atoms with E-state index in [9.17, 15) is 0 Å². The summed E-state index contributed by atoms with van der Waals surface area (Å²) in [5.74, 6) is 3.36. The van der Waals surface area contributed by atoms with Crippen molar-refractivity contribution in [1.82, 2.24) is 4.57 Å². The van der Waals surface area contributed by atoms with Crippen molar-refractivity contribution in [1.29, 1.82) is 0 Å². The van der Waals surface area contributed by atoms with E-state index >= 15 is 0 Å². The molecular weight excluding hydrogens is 505 g/mol. The van der Waals surface area contributed by atoms with E-state index in [1.54, 1.807) is 0 Å². The summed E-state index contributed by atoms with van der Waals surface area (Å²) < 4.78 is 22.1. The Morgan fingerprint density at radius 2 is 1.12 bits per heavy atom. The quantitative estimate of drug-likeness (QED) is 0.210. The zero-order valence-corrected chi connectivity index (χ0v) is 21.8. The van der Waals surface area contributed by atoms with Crippen LogP contribution in [0.15, 0.2) is 126 Å². The van der Waals surface area contributed by atoms with Crippen LogP contribution in [0.4, 0.5) is 0 Å². The number of para-hydroxylation sites is 4. The molecule has 0 saturated carbocycles. The van der Waals surface area contributed by atoms with Gasteiger partial charge in [-0.3, -0.25) is 0 Å². The maximum Gasteiger partial charge on any atom is 0.261 e. The molecule has 0 atom stereocenters. The van der Waals surface area contributed by atoms with Crippen molar-refractivity contribution in [2.24, 2.45) is 0 Å². The molecule has 4 heterocycles. The Balaban J connectivity index is 1.30. The Bertz CT molecular complexity index is 2330. The molecule has 0 saturated heterocycles. The molecule has 6 aromatic carbocycles. The van der Waals surface area contributed by atoms with Gasteiger partial charge in [-0.15, -0.1) is 0 Å². The average molecular weight is 525 g/mol. The third-order valence-corrected chi connectivity index (χ3v) is 8.72. The van der Waals surface area contributed by atoms with Crippen LogP contribution in [-0.4, -0.2) is 11.3 Å². The first-order valence-corrected chi connectivity index (χ1v) is 13.9. The van der Waals surface area contributed by atoms with Crippen molar-refractivity contribution in [2.45, 2.75) is 0 Å². The molecule has 10 rings (SSSR count). The van der Waals surface area contributed by atoms with Crippen LogP contribution in [0, 0.1) is 0 Å². The monoisotopic (exact) mass is 525 g/mol. The van der Waals surface area contributed by atoms with Crippen molar-refractivity contribution in [2.75, 3.05) is 0 Å². The largest absolute Gasteiger partial charge is 0.458 e. The predicted molar refractivity (Wildman–Crippen MR) is 166 cm³/mol. The second-order valence-corrected chi connectivity index (χ2v) is 10.8. The van der Waals surface area contributed by atoms with Crippen molar-refractivity contribution in [3.8, 4) is 28.7 Å². The highest BCUT2D eigenvalue weighted by atomic mass is 16.5. The average Bonchev–Trinajstić information content (AvgIpc) is 3.57. The van der Waals surface area contributed by atoms with E-state index in [-0.39, 0.29) is 6.71 Å². The van der Waals surface area contributed by atoms with Crippen LogP contribution in [-0.2, 0) is 0 Å². The first-order chi connectivity index (χ1) is 20.3. The highest BCUT2D eigenvalue weighted by Gasteiger charge is 2.42. The first kappa shape index (κ1) is 21.4. The van der Waals surface area contributed by atoms with E-state index in [1.165, 1.54) is 10.8 Å². The van der Waals surface area contributed by atoms with Crippen LogP contribution < -0.4 is 25.9 Å². The van der Waals surface area contributed by atoms with Crippen LogP contribution in [0.2, 0.25) is 0 Å². The highest BCUT2D eigenvalue weighted by Crippen LogP contribution is 2.41. The van der Waals surface area contributed by atoms with Crippen molar-refractivity contribution >= 4 is 66.8 Å². The molecule has 0 fully saturated rings. The molecule has 2 aromatic heterocycles. The SMILES string of the molecule is c1ccc2c(c1)Oc1cc(-n3c4ccccc4c4ccccc43)cc3c1B2c1c(ccc2oc4ccccc4c12)O3. The minimum absolute atomic E-state index is 0.0504. The number of fused-ring (bicyclic) bond motifs is 11. The van der Waals surface area contributed by atoms with E-state index in [0.29, 0.717) is 0 Å². The normalized spacial score (nSPS) is 13.2. The molecule has 0 aliphatic carbocycles. The van der Waals surface area contributed by atoms with Crippen LogP contribution in [0.3, 0.4) is 0 Å². The van der Waals surface area contributed by atoms with Gasteiger partial charge in [0.25, 0.3) is 6.71 Å². The summed E-state index contributed by atoms with van der Waals surface area (Å²) in [6.07, 6.45) is 0. The summed E-state index contributed by atoms with van der Waals surface area (Å²) in [5.41, 5.74) is 8.36. The van der Waals surface area contributed by atoms with Gasteiger partial charge in [0.1, 0.15) is 34.2 Å². The third-order valence-electron chi connectivity index (χ3n) is 8.72. The molecule has 8 aromatic rings. The second-order valence-electron chi connectivity index (χ2n) is 10.8. The van der Waals surface area contributed by atoms with Crippen LogP contribution in [0.1, 0.15) is 0 Å². The van der Waals surface area contributed by atoms with E-state index in [0.717, 1.165) is 78.0 Å². The number of benzene rings is 6. The van der Waals surface area contributed by atoms with Crippen molar-refractivity contribution in [3.63, 3.8) is 0 Å². The van der Waals surface area contributed by atoms with E-state index < -0.39 is 0 Å². The molecule has 41 heavy (non-hydrogen) atoms. The third kappa shape index (κ3) is 2.75. The first-order valence-electron chi connectivity index (χ1n) is 13.9. The van der Waals surface area contributed by atoms with Crippen molar-refractivity contribution < 1.29 is 13.9 Å². The Morgan fingerprint density at radius 1 is 0.488 bits per heavy atom. The summed E-state index contributed by atoms with van der Waals surface area (Å²) in [7, 11) is 0. The number of hydrogen-bond donors (Lipinski definition) is 0. The zero-order valence-electron chi connectivity index (χ0n) is 21.8. The number of aromatic nitrogens is 1. The van der Waals surface area contributed by atoms with Gasteiger partial charge in [0.05, 0.1) is 16.7 Å². The summed E-state index contributed by atoms with van der Waals surface area (Å²) in [6, 6.07) is 42.1. The molecule has 2 aliphatic rings. The topological polar surface area (TPSA) is 36.5 Å². The molecule has 5 heteroatoms. The Hall–Kier alpha value is -5.42. The number of rotatable bonds is 1. The van der Waals surface area contributed by atoms with E-state index in [1.807, 2.05) is 30.3 Å². The molecule has 2 aliphatic heterocycles. The lowest BCUT2D eigenvalue weighted by atomic mass is 9.34. The van der Waals surface area contributed by atoms with Crippen LogP contribution in [0.25, 0.3) is 49.4 Å². The van der Waals surface area contributed by atoms with Gasteiger partial charge in [0, 0.05) is 39.1 Å². The van der Waals surface area contributed by atoms with Gasteiger partial charge in [-0.1, -0.05) is 72.8 Å². The molecule has 0 amide bonds. The summed E-state index contributed by atoms with van der Waals surface area (Å²) >= 11 is 0. The fourth-order valence-corrected chi connectivity index (χ4v) is 7.07. The minimum Gasteiger partial charge on any atom is -0.458 e. The molecule has 0 spiro atoms. The van der Waals surface area contributed by atoms with Gasteiger partial charge in [0.15, 0.2) is 0 Å². The van der Waals surface area contributed by atoms with Gasteiger partial charge >= 0.3 is 0 Å². The van der Waals surface area contributed by atoms with Gasteiger partial charge in [-0.05, 0) is 47.3 Å².